The normalized spacial score (nSPS) is 14.2. The molecule has 1 aliphatic heterocycles. The van der Waals surface area contributed by atoms with E-state index in [1.54, 1.807) is 0 Å². The van der Waals surface area contributed by atoms with Gasteiger partial charge in [-0.25, -0.2) is 9.59 Å². The molecular formula is C17H25N3O5. The van der Waals surface area contributed by atoms with Gasteiger partial charge in [0.15, 0.2) is 11.5 Å². The Morgan fingerprint density at radius 1 is 1.20 bits per heavy atom. The van der Waals surface area contributed by atoms with Crippen LogP contribution in [0.3, 0.4) is 0 Å². The highest BCUT2D eigenvalue weighted by Gasteiger charge is 2.19. The Bertz CT molecular complexity index is 615. The van der Waals surface area contributed by atoms with E-state index in [0.717, 1.165) is 26.1 Å². The molecule has 1 aromatic carbocycles. The van der Waals surface area contributed by atoms with E-state index in [1.165, 1.54) is 39.2 Å². The maximum Gasteiger partial charge on any atom is 0.340 e. The topological polar surface area (TPSA) is 103 Å². The van der Waals surface area contributed by atoms with Gasteiger partial charge in [0.1, 0.15) is 0 Å². The van der Waals surface area contributed by atoms with Crippen molar-refractivity contribution < 1.29 is 23.8 Å². The lowest BCUT2D eigenvalue weighted by atomic mass is 10.1. The molecule has 1 fully saturated rings. The predicted molar refractivity (Wildman–Crippen MR) is 93.3 cm³/mol. The van der Waals surface area contributed by atoms with Crippen LogP contribution < -0.4 is 20.5 Å². The number of ether oxygens (including phenoxy) is 3. The quantitative estimate of drug-likeness (QED) is 0.547. The molecule has 1 aromatic rings. The number of esters is 1. The van der Waals surface area contributed by atoms with Crippen molar-refractivity contribution in [2.75, 3.05) is 45.8 Å². The average molecular weight is 351 g/mol. The van der Waals surface area contributed by atoms with Crippen molar-refractivity contribution in [1.82, 2.24) is 4.90 Å². The first-order chi connectivity index (χ1) is 12.0. The number of urea groups is 1. The smallest absolute Gasteiger partial charge is 0.340 e. The zero-order valence-corrected chi connectivity index (χ0v) is 14.7. The Kier molecular flexibility index (Phi) is 6.88. The van der Waals surface area contributed by atoms with E-state index in [9.17, 15) is 9.59 Å². The van der Waals surface area contributed by atoms with Gasteiger partial charge in [-0.3, -0.25) is 0 Å². The molecule has 1 heterocycles. The minimum Gasteiger partial charge on any atom is -0.493 e. The second-order valence-corrected chi connectivity index (χ2v) is 5.78. The van der Waals surface area contributed by atoms with E-state index < -0.39 is 12.0 Å². The lowest BCUT2D eigenvalue weighted by Gasteiger charge is -2.17. The van der Waals surface area contributed by atoms with Crippen LogP contribution in [0.15, 0.2) is 12.1 Å². The molecule has 0 atom stereocenters. The number of anilines is 1. The summed E-state index contributed by atoms with van der Waals surface area (Å²) in [6.45, 7) is 3.77. The molecule has 0 unspecified atom stereocenters. The molecule has 25 heavy (non-hydrogen) atoms. The van der Waals surface area contributed by atoms with Gasteiger partial charge in [-0.15, -0.1) is 0 Å². The fraction of sp³-hybridized carbons (Fsp3) is 0.529. The van der Waals surface area contributed by atoms with E-state index >= 15 is 0 Å². The van der Waals surface area contributed by atoms with E-state index in [2.05, 4.69) is 10.2 Å². The van der Waals surface area contributed by atoms with Crippen LogP contribution in [0, 0.1) is 0 Å². The number of nitrogens with zero attached hydrogens (tertiary/aromatic N) is 1. The van der Waals surface area contributed by atoms with Gasteiger partial charge in [0.05, 0.1) is 32.1 Å². The minimum absolute atomic E-state index is 0.141. The number of rotatable bonds is 8. The number of primary amides is 1. The first-order valence-corrected chi connectivity index (χ1v) is 8.27. The third-order valence-electron chi connectivity index (χ3n) is 4.04. The maximum absolute atomic E-state index is 11.9. The maximum atomic E-state index is 11.9. The Labute approximate surface area is 147 Å². The monoisotopic (exact) mass is 351 g/mol. The van der Waals surface area contributed by atoms with E-state index in [1.807, 2.05) is 0 Å². The summed E-state index contributed by atoms with van der Waals surface area (Å²) in [4.78, 5) is 25.5. The van der Waals surface area contributed by atoms with Gasteiger partial charge in [0.25, 0.3) is 0 Å². The van der Waals surface area contributed by atoms with Gasteiger partial charge in [-0.05, 0) is 32.4 Å². The fourth-order valence-corrected chi connectivity index (χ4v) is 2.82. The summed E-state index contributed by atoms with van der Waals surface area (Å²) in [6.07, 6.45) is 3.39. The Balaban J connectivity index is 2.09. The molecule has 8 heteroatoms. The lowest BCUT2D eigenvalue weighted by Crippen LogP contribution is -2.22. The number of carbonyl (C=O) groups is 2. The molecule has 1 aliphatic rings. The van der Waals surface area contributed by atoms with Crippen LogP contribution in [0.4, 0.5) is 10.5 Å². The van der Waals surface area contributed by atoms with Crippen molar-refractivity contribution in [3.8, 4) is 11.5 Å². The number of likely N-dealkylation sites (tertiary alicyclic amines) is 1. The highest BCUT2D eigenvalue weighted by molar-refractivity contribution is 6.01. The van der Waals surface area contributed by atoms with E-state index in [0.29, 0.717) is 18.1 Å². The molecular weight excluding hydrogens is 326 g/mol. The molecule has 2 rings (SSSR count). The van der Waals surface area contributed by atoms with Crippen LogP contribution in [0.5, 0.6) is 11.5 Å². The number of nitrogens with two attached hydrogens (primary N) is 1. The number of hydrogen-bond donors (Lipinski definition) is 2. The average Bonchev–Trinajstić information content (AvgIpc) is 3.11. The predicted octanol–water partition coefficient (Wildman–Crippen LogP) is 1.84. The van der Waals surface area contributed by atoms with Crippen LogP contribution in [-0.2, 0) is 4.74 Å². The zero-order valence-electron chi connectivity index (χ0n) is 14.7. The van der Waals surface area contributed by atoms with Crippen LogP contribution in [0.1, 0.15) is 29.6 Å². The van der Waals surface area contributed by atoms with Crippen molar-refractivity contribution in [3.05, 3.63) is 17.7 Å². The van der Waals surface area contributed by atoms with Crippen LogP contribution in [-0.4, -0.2) is 57.4 Å². The number of amides is 2. The molecule has 3 N–H and O–H groups in total. The minimum atomic E-state index is -0.782. The van der Waals surface area contributed by atoms with Gasteiger partial charge >= 0.3 is 12.0 Å². The highest BCUT2D eigenvalue weighted by Crippen LogP contribution is 2.34. The summed E-state index contributed by atoms with van der Waals surface area (Å²) in [5, 5.41) is 2.41. The van der Waals surface area contributed by atoms with Gasteiger partial charge < -0.3 is 30.2 Å². The Morgan fingerprint density at radius 3 is 2.52 bits per heavy atom. The molecule has 0 aromatic heterocycles. The molecule has 0 saturated carbocycles. The number of nitrogens with one attached hydrogen (secondary N) is 1. The van der Waals surface area contributed by atoms with Gasteiger partial charge in [-0.2, -0.15) is 0 Å². The molecule has 2 amide bonds. The third kappa shape index (κ3) is 5.25. The lowest BCUT2D eigenvalue weighted by molar-refractivity contribution is 0.0601. The fourth-order valence-electron chi connectivity index (χ4n) is 2.82. The van der Waals surface area contributed by atoms with E-state index in [4.69, 9.17) is 19.9 Å². The standard InChI is InChI=1S/C17H25N3O5/c1-23-14-10-12(16(21)24-2)13(19-17(18)22)11-15(14)25-9-5-8-20-6-3-4-7-20/h10-11H,3-9H2,1-2H3,(H3,18,19,22). The highest BCUT2D eigenvalue weighted by atomic mass is 16.5. The van der Waals surface area contributed by atoms with Crippen molar-refractivity contribution >= 4 is 17.7 Å². The van der Waals surface area contributed by atoms with Crippen molar-refractivity contribution in [2.45, 2.75) is 19.3 Å². The molecule has 0 spiro atoms. The first kappa shape index (κ1) is 18.9. The summed E-state index contributed by atoms with van der Waals surface area (Å²) in [5.74, 6) is 0.208. The van der Waals surface area contributed by atoms with Crippen LogP contribution in [0.25, 0.3) is 0 Å². The summed E-state index contributed by atoms with van der Waals surface area (Å²) in [7, 11) is 2.74. The van der Waals surface area contributed by atoms with Crippen molar-refractivity contribution in [2.24, 2.45) is 5.73 Å². The summed E-state index contributed by atoms with van der Waals surface area (Å²) < 4.78 is 15.8. The van der Waals surface area contributed by atoms with Crippen LogP contribution >= 0.6 is 0 Å². The van der Waals surface area contributed by atoms with Gasteiger partial charge in [-0.1, -0.05) is 0 Å². The first-order valence-electron chi connectivity index (χ1n) is 8.27. The molecule has 138 valence electrons. The second kappa shape index (κ2) is 9.12. The molecule has 8 nitrogen and oxygen atoms in total. The van der Waals surface area contributed by atoms with E-state index in [-0.39, 0.29) is 11.3 Å². The Hall–Kier alpha value is -2.48. The third-order valence-corrected chi connectivity index (χ3v) is 4.04. The zero-order chi connectivity index (χ0) is 18.2. The molecule has 1 saturated heterocycles. The largest absolute Gasteiger partial charge is 0.493 e. The second-order valence-electron chi connectivity index (χ2n) is 5.78. The Morgan fingerprint density at radius 2 is 1.92 bits per heavy atom. The number of methoxy groups -OCH3 is 2. The summed E-state index contributed by atoms with van der Waals surface area (Å²) in [5.41, 5.74) is 5.53. The molecule has 0 aliphatic carbocycles. The molecule has 0 bridgehead atoms. The summed E-state index contributed by atoms with van der Waals surface area (Å²) in [6, 6.07) is 2.20. The SMILES string of the molecule is COC(=O)c1cc(OC)c(OCCCN2CCCC2)cc1NC(N)=O. The number of carbonyl (C=O) groups excluding carboxylic acids is 2. The summed E-state index contributed by atoms with van der Waals surface area (Å²) >= 11 is 0. The van der Waals surface area contributed by atoms with Crippen molar-refractivity contribution in [3.63, 3.8) is 0 Å². The van der Waals surface area contributed by atoms with Gasteiger partial charge in [0, 0.05) is 18.7 Å². The van der Waals surface area contributed by atoms with Crippen LogP contribution in [0.2, 0.25) is 0 Å². The van der Waals surface area contributed by atoms with Gasteiger partial charge in [0.2, 0.25) is 0 Å². The van der Waals surface area contributed by atoms with Crippen molar-refractivity contribution in [1.29, 1.82) is 0 Å². The molecule has 0 radical (unpaired) electrons. The number of hydrogen-bond acceptors (Lipinski definition) is 6. The number of benzene rings is 1.